The van der Waals surface area contributed by atoms with E-state index in [9.17, 15) is 9.59 Å². The lowest BCUT2D eigenvalue weighted by Gasteiger charge is -2.32. The van der Waals surface area contributed by atoms with Crippen molar-refractivity contribution in [3.8, 4) is 11.5 Å². The minimum atomic E-state index is -0.667. The van der Waals surface area contributed by atoms with Gasteiger partial charge in [0.1, 0.15) is 17.5 Å². The first-order chi connectivity index (χ1) is 18.9. The number of amides is 2. The number of hydrogen-bond acceptors (Lipinski definition) is 6. The fraction of sp³-hybridized carbons (Fsp3) is 0.500. The quantitative estimate of drug-likeness (QED) is 0.374. The van der Waals surface area contributed by atoms with Crippen LogP contribution in [0.5, 0.6) is 11.5 Å². The predicted molar refractivity (Wildman–Crippen MR) is 159 cm³/mol. The van der Waals surface area contributed by atoms with Gasteiger partial charge >= 0.3 is 0 Å². The molecule has 2 amide bonds. The van der Waals surface area contributed by atoms with Gasteiger partial charge in [0.25, 0.3) is 5.91 Å². The van der Waals surface area contributed by atoms with Gasteiger partial charge in [0.15, 0.2) is 5.11 Å². The summed E-state index contributed by atoms with van der Waals surface area (Å²) < 4.78 is 11.2. The van der Waals surface area contributed by atoms with Crippen LogP contribution in [-0.4, -0.2) is 72.2 Å². The van der Waals surface area contributed by atoms with Crippen molar-refractivity contribution in [3.05, 3.63) is 48.5 Å². The Morgan fingerprint density at radius 3 is 2.26 bits per heavy atom. The van der Waals surface area contributed by atoms with Crippen LogP contribution in [0, 0.1) is 5.92 Å². The number of rotatable bonds is 12. The van der Waals surface area contributed by atoms with Crippen molar-refractivity contribution in [2.24, 2.45) is 5.92 Å². The fourth-order valence-corrected chi connectivity index (χ4v) is 5.37. The second-order valence-corrected chi connectivity index (χ2v) is 10.6. The van der Waals surface area contributed by atoms with Crippen LogP contribution in [0.4, 0.5) is 11.4 Å². The van der Waals surface area contributed by atoms with Crippen molar-refractivity contribution in [2.75, 3.05) is 49.6 Å². The van der Waals surface area contributed by atoms with Crippen LogP contribution in [0.3, 0.4) is 0 Å². The van der Waals surface area contributed by atoms with Gasteiger partial charge in [-0.15, -0.1) is 0 Å². The van der Waals surface area contributed by atoms with E-state index in [0.717, 1.165) is 43.5 Å². The predicted octanol–water partition coefficient (Wildman–Crippen LogP) is 4.94. The Balaban J connectivity index is 1.47. The minimum absolute atomic E-state index is 0.0115. The number of carbonyl (C=O) groups excluding carboxylic acids is 2. The topological polar surface area (TPSA) is 74.3 Å². The van der Waals surface area contributed by atoms with E-state index in [4.69, 9.17) is 21.7 Å². The second-order valence-electron chi connectivity index (χ2n) is 10.2. The van der Waals surface area contributed by atoms with Crippen molar-refractivity contribution < 1.29 is 19.1 Å². The van der Waals surface area contributed by atoms with Crippen LogP contribution in [0.1, 0.15) is 46.5 Å². The van der Waals surface area contributed by atoms with Crippen molar-refractivity contribution >= 4 is 40.5 Å². The van der Waals surface area contributed by atoms with Crippen LogP contribution < -0.4 is 19.7 Å². The monoisotopic (exact) mass is 552 g/mol. The number of carbonyl (C=O) groups is 2. The van der Waals surface area contributed by atoms with Gasteiger partial charge in [0.2, 0.25) is 5.91 Å². The molecule has 0 radical (unpaired) electrons. The van der Waals surface area contributed by atoms with E-state index in [1.807, 2.05) is 60.4 Å². The third-order valence-corrected chi connectivity index (χ3v) is 7.66. The molecule has 9 heteroatoms. The summed E-state index contributed by atoms with van der Waals surface area (Å²) in [6.07, 6.45) is 3.29. The van der Waals surface area contributed by atoms with Crippen molar-refractivity contribution in [1.82, 2.24) is 9.80 Å². The van der Waals surface area contributed by atoms with Crippen LogP contribution in [-0.2, 0) is 9.59 Å². The normalized spacial score (nSPS) is 18.5. The van der Waals surface area contributed by atoms with E-state index in [0.29, 0.717) is 36.2 Å². The largest absolute Gasteiger partial charge is 0.494 e. The zero-order chi connectivity index (χ0) is 27.8. The average molecular weight is 553 g/mol. The maximum absolute atomic E-state index is 13.7. The van der Waals surface area contributed by atoms with Gasteiger partial charge < -0.3 is 24.6 Å². The number of benzene rings is 2. The number of likely N-dealkylation sites (tertiary alicyclic amines) is 1. The Bertz CT molecular complexity index is 1120. The highest BCUT2D eigenvalue weighted by Gasteiger charge is 2.44. The Morgan fingerprint density at radius 2 is 1.62 bits per heavy atom. The number of piperidine rings is 1. The molecular weight excluding hydrogens is 512 g/mol. The van der Waals surface area contributed by atoms with E-state index >= 15 is 0 Å². The van der Waals surface area contributed by atoms with Gasteiger partial charge in [-0.1, -0.05) is 13.8 Å². The van der Waals surface area contributed by atoms with E-state index in [2.05, 4.69) is 24.1 Å². The Kier molecular flexibility index (Phi) is 10.2. The lowest BCUT2D eigenvalue weighted by Crippen LogP contribution is -2.44. The summed E-state index contributed by atoms with van der Waals surface area (Å²) in [6, 6.07) is 14.0. The standard InChI is InChI=1S/C30H40N4O4S/c1-4-20-38-26-10-6-23(7-11-26)31-28(35)21-27-29(36)34(24-8-12-25(13-9-24)37-5-2)30(39)33(27)19-18-32-16-14-22(3)15-17-32/h6-13,22,27H,4-5,14-21H2,1-3H3,(H,31,35)/t27-/m1/s1. The first-order valence-corrected chi connectivity index (χ1v) is 14.4. The molecule has 1 N–H and O–H groups in total. The molecule has 0 bridgehead atoms. The molecule has 0 aliphatic carbocycles. The molecule has 0 spiro atoms. The van der Waals surface area contributed by atoms with Gasteiger partial charge in [-0.3, -0.25) is 14.5 Å². The van der Waals surface area contributed by atoms with Gasteiger partial charge in [-0.25, -0.2) is 0 Å². The molecule has 210 valence electrons. The zero-order valence-electron chi connectivity index (χ0n) is 23.2. The lowest BCUT2D eigenvalue weighted by atomic mass is 9.99. The Morgan fingerprint density at radius 1 is 0.974 bits per heavy atom. The summed E-state index contributed by atoms with van der Waals surface area (Å²) in [6.45, 7) is 11.0. The van der Waals surface area contributed by atoms with Gasteiger partial charge in [0.05, 0.1) is 25.3 Å². The number of anilines is 2. The Labute approximate surface area is 237 Å². The van der Waals surface area contributed by atoms with Gasteiger partial charge in [0, 0.05) is 18.8 Å². The average Bonchev–Trinajstić information content (AvgIpc) is 3.16. The Hall–Kier alpha value is -3.17. The number of nitrogens with one attached hydrogen (secondary N) is 1. The highest BCUT2D eigenvalue weighted by molar-refractivity contribution is 7.80. The molecule has 2 aliphatic heterocycles. The third-order valence-electron chi connectivity index (χ3n) is 7.25. The summed E-state index contributed by atoms with van der Waals surface area (Å²) in [4.78, 5) is 32.7. The highest BCUT2D eigenvalue weighted by Crippen LogP contribution is 2.29. The molecule has 8 nitrogen and oxygen atoms in total. The molecule has 0 unspecified atom stereocenters. The van der Waals surface area contributed by atoms with Gasteiger partial charge in [-0.05, 0) is 106 Å². The van der Waals surface area contributed by atoms with Crippen LogP contribution in [0.25, 0.3) is 0 Å². The van der Waals surface area contributed by atoms with E-state index < -0.39 is 6.04 Å². The third kappa shape index (κ3) is 7.48. The number of hydrogen-bond donors (Lipinski definition) is 1. The summed E-state index contributed by atoms with van der Waals surface area (Å²) in [5.41, 5.74) is 1.34. The summed E-state index contributed by atoms with van der Waals surface area (Å²) in [7, 11) is 0. The summed E-state index contributed by atoms with van der Waals surface area (Å²) in [5, 5.41) is 3.37. The summed E-state index contributed by atoms with van der Waals surface area (Å²) in [5.74, 6) is 1.82. The first-order valence-electron chi connectivity index (χ1n) is 14.0. The van der Waals surface area contributed by atoms with E-state index in [1.165, 1.54) is 12.8 Å². The molecule has 2 aliphatic rings. The maximum atomic E-state index is 13.7. The van der Waals surface area contributed by atoms with Gasteiger partial charge in [-0.2, -0.15) is 0 Å². The lowest BCUT2D eigenvalue weighted by molar-refractivity contribution is -0.124. The smallest absolute Gasteiger partial charge is 0.256 e. The van der Waals surface area contributed by atoms with Crippen molar-refractivity contribution in [3.63, 3.8) is 0 Å². The minimum Gasteiger partial charge on any atom is -0.494 e. The second kappa shape index (κ2) is 13.8. The zero-order valence-corrected chi connectivity index (χ0v) is 24.0. The van der Waals surface area contributed by atoms with Crippen LogP contribution >= 0.6 is 12.2 Å². The molecule has 2 aromatic carbocycles. The molecular formula is C30H40N4O4S. The molecule has 2 heterocycles. The SMILES string of the molecule is CCCOc1ccc(NC(=O)C[C@@H]2C(=O)N(c3ccc(OCC)cc3)C(=S)N2CCN2CCC(C)CC2)cc1. The molecule has 0 aromatic heterocycles. The fourth-order valence-electron chi connectivity index (χ4n) is 4.96. The molecule has 0 saturated carbocycles. The van der Waals surface area contributed by atoms with Crippen molar-refractivity contribution in [1.29, 1.82) is 0 Å². The molecule has 2 aromatic rings. The number of thiocarbonyl (C=S) groups is 1. The van der Waals surface area contributed by atoms with E-state index in [1.54, 1.807) is 4.90 Å². The summed E-state index contributed by atoms with van der Waals surface area (Å²) >= 11 is 5.84. The van der Waals surface area contributed by atoms with Crippen LogP contribution in [0.15, 0.2) is 48.5 Å². The number of nitrogens with zero attached hydrogens (tertiary/aromatic N) is 3. The maximum Gasteiger partial charge on any atom is 0.256 e. The molecule has 2 fully saturated rings. The molecule has 2 saturated heterocycles. The van der Waals surface area contributed by atoms with Crippen LogP contribution in [0.2, 0.25) is 0 Å². The highest BCUT2D eigenvalue weighted by atomic mass is 32.1. The molecule has 1 atom stereocenters. The van der Waals surface area contributed by atoms with Crippen molar-refractivity contribution in [2.45, 2.75) is 52.5 Å². The molecule has 39 heavy (non-hydrogen) atoms. The number of ether oxygens (including phenoxy) is 2. The van der Waals surface area contributed by atoms with E-state index in [-0.39, 0.29) is 18.2 Å². The molecule has 4 rings (SSSR count). The first kappa shape index (κ1) is 28.8.